The van der Waals surface area contributed by atoms with Crippen molar-refractivity contribution < 1.29 is 47.1 Å². The van der Waals surface area contributed by atoms with Gasteiger partial charge in [-0.3, -0.25) is 33.6 Å². The Balaban J connectivity index is 1.18. The smallest absolute Gasteiger partial charge is 0.310 e. The molecule has 2 aliphatic heterocycles. The maximum atomic E-state index is 14.2. The van der Waals surface area contributed by atoms with E-state index in [1.807, 2.05) is 0 Å². The van der Waals surface area contributed by atoms with Crippen molar-refractivity contribution in [3.05, 3.63) is 137 Å². The minimum atomic E-state index is -0.742. The third kappa shape index (κ3) is 13.6. The topological polar surface area (TPSA) is 227 Å². The van der Waals surface area contributed by atoms with Crippen LogP contribution in [0.4, 0.5) is 32.1 Å². The van der Waals surface area contributed by atoms with Gasteiger partial charge in [0.1, 0.15) is 40.7 Å². The predicted molar refractivity (Wildman–Crippen MR) is 252 cm³/mol. The van der Waals surface area contributed by atoms with Crippen LogP contribution in [0.15, 0.2) is 103 Å². The van der Waals surface area contributed by atoms with E-state index < -0.39 is 65.1 Å². The number of aromatic nitrogens is 2. The van der Waals surface area contributed by atoms with Crippen LogP contribution in [0.1, 0.15) is 83.0 Å². The second kappa shape index (κ2) is 22.6. The third-order valence-corrected chi connectivity index (χ3v) is 14.8. The molecule has 3 aromatic carbocycles. The minimum absolute atomic E-state index is 0.00358. The van der Waals surface area contributed by atoms with Crippen LogP contribution >= 0.6 is 35.3 Å². The average Bonchev–Trinajstić information content (AvgIpc) is 3.31. The molecule has 4 unspecified atom stereocenters. The largest absolute Gasteiger partial charge is 0.426 e. The SMILES string of the molecule is CCC(=O)Oc1cc2cc(c1)C(=O)Nc1cccc(n1)NC(=O)CCC(=O)NC(c1ccc(F)cc1)C1SCSC(S1)C(c1ccc(F)cc1)NC(=O)CCC(=O)Nc1cccc(n1)NC2=O. The molecule has 16 nitrogen and oxygen atoms in total. The van der Waals surface area contributed by atoms with Crippen molar-refractivity contribution in [2.75, 3.05) is 26.4 Å². The lowest BCUT2D eigenvalue weighted by molar-refractivity contribution is -0.134. The van der Waals surface area contributed by atoms with Crippen LogP contribution < -0.4 is 36.6 Å². The van der Waals surface area contributed by atoms with Gasteiger partial charge in [-0.25, -0.2) is 18.7 Å². The van der Waals surface area contributed by atoms with Crippen LogP contribution in [0.25, 0.3) is 0 Å². The summed E-state index contributed by atoms with van der Waals surface area (Å²) in [5, 5.41) is 17.1. The summed E-state index contributed by atoms with van der Waals surface area (Å²) >= 11 is 4.51. The maximum absolute atomic E-state index is 14.2. The minimum Gasteiger partial charge on any atom is -0.426 e. The molecule has 6 N–H and O–H groups in total. The van der Waals surface area contributed by atoms with E-state index in [0.29, 0.717) is 16.2 Å². The summed E-state index contributed by atoms with van der Waals surface area (Å²) in [7, 11) is 0. The van der Waals surface area contributed by atoms with E-state index in [-0.39, 0.29) is 81.4 Å². The number of pyridine rings is 2. The molecule has 346 valence electrons. The van der Waals surface area contributed by atoms with Crippen LogP contribution in [0.2, 0.25) is 0 Å². The standard InChI is InChI=1S/C46H42F2N8O8S3/c1-2-40(61)64-31-22-27-21-28(23-31)44(63)54-35-8-4-6-33(50-35)52-37(58)18-20-39(60)56-42(26-11-15-30(48)16-12-26)46-66-24-65-45(67-46)41(25-9-13-29(47)14-10-25)55-38(59)19-17-36(57)51-32-5-3-7-34(49-32)53-43(27)62/h3-16,21-23,41-42,45-46H,2,17-20,24H2,1H3,(H,55,59)(H,56,60)(H2,49,51,53,57,62)(H2,50,52,54,58,63). The molecule has 1 fully saturated rings. The number of rotatable bonds is 4. The number of hydrogen-bond donors (Lipinski definition) is 6. The van der Waals surface area contributed by atoms with Crippen LogP contribution in [0, 0.1) is 11.6 Å². The molecule has 0 aliphatic carbocycles. The summed E-state index contributed by atoms with van der Waals surface area (Å²) in [6.45, 7) is 1.57. The van der Waals surface area contributed by atoms with E-state index in [0.717, 1.165) is 0 Å². The molecule has 0 saturated carbocycles. The molecule has 21 heteroatoms. The van der Waals surface area contributed by atoms with Crippen molar-refractivity contribution in [3.63, 3.8) is 0 Å². The first-order valence-electron chi connectivity index (χ1n) is 20.8. The number of hydrogen-bond acceptors (Lipinski definition) is 13. The van der Waals surface area contributed by atoms with Crippen LogP contribution in [0.3, 0.4) is 0 Å². The monoisotopic (exact) mass is 968 g/mol. The molecular formula is C46H42F2N8O8S3. The summed E-state index contributed by atoms with van der Waals surface area (Å²) < 4.78 is 32.9. The molecule has 2 aromatic heterocycles. The number of nitrogens with zero attached hydrogens (tertiary/aromatic N) is 2. The summed E-state index contributed by atoms with van der Waals surface area (Å²) in [6.07, 6.45) is -0.984. The van der Waals surface area contributed by atoms with Gasteiger partial charge in [-0.2, -0.15) is 0 Å². The number of halogens is 2. The molecule has 0 spiro atoms. The Morgan fingerprint density at radius 3 is 1.40 bits per heavy atom. The van der Waals surface area contributed by atoms with Crippen molar-refractivity contribution in [2.45, 2.75) is 60.3 Å². The number of carbonyl (C=O) groups excluding carboxylic acids is 7. The molecule has 2 aliphatic rings. The molecule has 5 aromatic rings. The Bertz CT molecular complexity index is 2510. The molecule has 67 heavy (non-hydrogen) atoms. The fourth-order valence-corrected chi connectivity index (χ4v) is 12.5. The number of carbonyl (C=O) groups is 7. The van der Waals surface area contributed by atoms with Crippen molar-refractivity contribution in [1.29, 1.82) is 0 Å². The van der Waals surface area contributed by atoms with E-state index in [4.69, 9.17) is 4.74 Å². The number of benzene rings is 3. The predicted octanol–water partition coefficient (Wildman–Crippen LogP) is 7.56. The van der Waals surface area contributed by atoms with E-state index in [2.05, 4.69) is 41.9 Å². The van der Waals surface area contributed by atoms with Gasteiger partial charge in [-0.1, -0.05) is 43.3 Å². The highest BCUT2D eigenvalue weighted by molar-refractivity contribution is 8.33. The highest BCUT2D eigenvalue weighted by Gasteiger charge is 2.37. The lowest BCUT2D eigenvalue weighted by Crippen LogP contribution is -2.39. The Kier molecular flexibility index (Phi) is 16.2. The van der Waals surface area contributed by atoms with Gasteiger partial charge in [0.05, 0.1) is 21.2 Å². The van der Waals surface area contributed by atoms with Crippen molar-refractivity contribution in [2.24, 2.45) is 0 Å². The quantitative estimate of drug-likeness (QED) is 0.0756. The summed E-state index contributed by atoms with van der Waals surface area (Å²) in [5.41, 5.74) is 1.02. The molecule has 8 bridgehead atoms. The molecule has 7 rings (SSSR count). The number of fused-ring (bicyclic) bond motifs is 8. The van der Waals surface area contributed by atoms with E-state index >= 15 is 0 Å². The summed E-state index contributed by atoms with van der Waals surface area (Å²) in [6, 6.07) is 22.8. The normalized spacial score (nSPS) is 20.1. The second-order valence-electron chi connectivity index (χ2n) is 14.9. The van der Waals surface area contributed by atoms with Gasteiger partial charge >= 0.3 is 5.97 Å². The number of thioether (sulfide) groups is 3. The van der Waals surface area contributed by atoms with Crippen molar-refractivity contribution in [3.8, 4) is 5.75 Å². The first-order chi connectivity index (χ1) is 32.3. The van der Waals surface area contributed by atoms with Crippen LogP contribution in [-0.4, -0.2) is 65.6 Å². The molecule has 0 radical (unpaired) electrons. The fourth-order valence-electron chi connectivity index (χ4n) is 6.70. The number of nitrogens with one attached hydrogen (secondary N) is 6. The van der Waals surface area contributed by atoms with E-state index in [1.54, 1.807) is 31.2 Å². The van der Waals surface area contributed by atoms with Gasteiger partial charge in [-0.15, -0.1) is 35.3 Å². The summed E-state index contributed by atoms with van der Waals surface area (Å²) in [5.74, 6) is -5.06. The third-order valence-electron chi connectivity index (χ3n) is 9.99. The molecular weight excluding hydrogens is 927 g/mol. The number of esters is 1. The van der Waals surface area contributed by atoms with Gasteiger partial charge in [0, 0.05) is 48.3 Å². The van der Waals surface area contributed by atoms with Gasteiger partial charge in [-0.05, 0) is 77.9 Å². The van der Waals surface area contributed by atoms with Crippen molar-refractivity contribution >= 4 is 100.0 Å². The summed E-state index contributed by atoms with van der Waals surface area (Å²) in [4.78, 5) is 102. The number of amides is 6. The van der Waals surface area contributed by atoms with Gasteiger partial charge in [0.15, 0.2) is 0 Å². The molecule has 4 atom stereocenters. The first kappa shape index (κ1) is 48.1. The lowest BCUT2D eigenvalue weighted by Gasteiger charge is -2.37. The first-order valence-corrected chi connectivity index (χ1v) is 23.8. The zero-order valence-electron chi connectivity index (χ0n) is 35.5. The highest BCUT2D eigenvalue weighted by Crippen LogP contribution is 2.51. The number of ether oxygens (including phenoxy) is 1. The zero-order valence-corrected chi connectivity index (χ0v) is 38.0. The van der Waals surface area contributed by atoms with Gasteiger partial charge < -0.3 is 36.6 Å². The average molecular weight is 969 g/mol. The zero-order chi connectivity index (χ0) is 47.5. The molecule has 6 amide bonds. The molecule has 4 heterocycles. The maximum Gasteiger partial charge on any atom is 0.310 e. The van der Waals surface area contributed by atoms with Gasteiger partial charge in [0.2, 0.25) is 23.6 Å². The fraction of sp³-hybridized carbons (Fsp3) is 0.239. The van der Waals surface area contributed by atoms with Crippen molar-refractivity contribution in [1.82, 2.24) is 20.6 Å². The van der Waals surface area contributed by atoms with Gasteiger partial charge in [0.25, 0.3) is 11.8 Å². The Morgan fingerprint density at radius 2 is 0.985 bits per heavy atom. The van der Waals surface area contributed by atoms with Crippen LogP contribution in [-0.2, 0) is 24.0 Å². The molecule has 1 saturated heterocycles. The second-order valence-corrected chi connectivity index (χ2v) is 19.4. The van der Waals surface area contributed by atoms with Crippen LogP contribution in [0.5, 0.6) is 5.75 Å². The van der Waals surface area contributed by atoms with E-state index in [9.17, 15) is 42.3 Å². The van der Waals surface area contributed by atoms with E-state index in [1.165, 1.54) is 114 Å². The number of anilines is 4. The highest BCUT2D eigenvalue weighted by atomic mass is 32.3. The Hall–Kier alpha value is -6.84. The lowest BCUT2D eigenvalue weighted by atomic mass is 10.1. The Labute approximate surface area is 395 Å². The Morgan fingerprint density at radius 1 is 0.582 bits per heavy atom.